The maximum absolute atomic E-state index is 13.4. The van der Waals surface area contributed by atoms with Gasteiger partial charge in [0, 0.05) is 38.1 Å². The molecule has 37 heavy (non-hydrogen) atoms. The molecule has 1 aliphatic heterocycles. The average molecular weight is 498 g/mol. The van der Waals surface area contributed by atoms with E-state index in [-0.39, 0.29) is 5.91 Å². The first-order valence-electron chi connectivity index (χ1n) is 12.6. The number of anilines is 2. The van der Waals surface area contributed by atoms with Gasteiger partial charge in [-0.3, -0.25) is 18.9 Å². The molecule has 0 N–H and O–H groups in total. The molecule has 3 heterocycles. The van der Waals surface area contributed by atoms with Crippen molar-refractivity contribution in [3.05, 3.63) is 89.7 Å². The Morgan fingerprint density at radius 3 is 2.38 bits per heavy atom. The highest BCUT2D eigenvalue weighted by Crippen LogP contribution is 2.26. The normalized spacial score (nSPS) is 13.6. The van der Waals surface area contributed by atoms with E-state index in [1.54, 1.807) is 12.0 Å². The lowest BCUT2D eigenvalue weighted by Gasteiger charge is -2.36. The Bertz CT molecular complexity index is 1380. The maximum atomic E-state index is 13.4. The van der Waals surface area contributed by atoms with Gasteiger partial charge in [-0.05, 0) is 48.4 Å². The van der Waals surface area contributed by atoms with Crippen molar-refractivity contribution in [3.8, 4) is 5.75 Å². The van der Waals surface area contributed by atoms with Gasteiger partial charge in [0.1, 0.15) is 17.2 Å². The van der Waals surface area contributed by atoms with Crippen LogP contribution in [0.1, 0.15) is 28.5 Å². The maximum Gasteiger partial charge on any atom is 0.255 e. The summed E-state index contributed by atoms with van der Waals surface area (Å²) in [6.07, 6.45) is 3.30. The van der Waals surface area contributed by atoms with Gasteiger partial charge in [0.05, 0.1) is 24.9 Å². The standard InChI is InChI=1S/C29H31N5O3/c1-3-26-28(33(21-35)19-22-9-12-25(37-2)13-10-22)34-20-23(11-14-27(34)30-26)29(36)32-17-15-31(16-18-32)24-7-5-4-6-8-24/h4-14,20-21H,3,15-19H2,1-2H3. The summed E-state index contributed by atoms with van der Waals surface area (Å²) in [6.45, 7) is 5.28. The summed E-state index contributed by atoms with van der Waals surface area (Å²) in [5.41, 5.74) is 4.24. The van der Waals surface area contributed by atoms with Gasteiger partial charge in [-0.2, -0.15) is 0 Å². The van der Waals surface area contributed by atoms with Crippen LogP contribution in [0.5, 0.6) is 5.75 Å². The molecule has 1 saturated heterocycles. The molecule has 0 aliphatic carbocycles. The Hall–Kier alpha value is -4.33. The van der Waals surface area contributed by atoms with E-state index >= 15 is 0 Å². The molecular formula is C29H31N5O3. The monoisotopic (exact) mass is 497 g/mol. The Morgan fingerprint density at radius 1 is 1.00 bits per heavy atom. The van der Waals surface area contributed by atoms with E-state index in [4.69, 9.17) is 9.72 Å². The van der Waals surface area contributed by atoms with Gasteiger partial charge in [0.25, 0.3) is 5.91 Å². The Balaban J connectivity index is 1.39. The number of ether oxygens (including phenoxy) is 1. The van der Waals surface area contributed by atoms with Crippen LogP contribution in [-0.2, 0) is 17.8 Å². The number of para-hydroxylation sites is 1. The van der Waals surface area contributed by atoms with Crippen LogP contribution in [0, 0.1) is 0 Å². The first-order valence-corrected chi connectivity index (χ1v) is 12.6. The molecule has 0 radical (unpaired) electrons. The second-order valence-corrected chi connectivity index (χ2v) is 9.08. The first-order chi connectivity index (χ1) is 18.1. The number of nitrogens with zero attached hydrogens (tertiary/aromatic N) is 5. The number of pyridine rings is 1. The molecular weight excluding hydrogens is 466 g/mol. The number of rotatable bonds is 8. The van der Waals surface area contributed by atoms with Crippen LogP contribution in [0.25, 0.3) is 5.65 Å². The molecule has 8 nitrogen and oxygen atoms in total. The number of imidazole rings is 1. The predicted molar refractivity (Wildman–Crippen MR) is 144 cm³/mol. The summed E-state index contributed by atoms with van der Waals surface area (Å²) in [5, 5.41) is 0. The first kappa shape index (κ1) is 24.4. The molecule has 2 amide bonds. The van der Waals surface area contributed by atoms with E-state index in [1.807, 2.05) is 77.0 Å². The molecule has 2 aromatic carbocycles. The molecule has 1 aliphatic rings. The number of piperazine rings is 1. The summed E-state index contributed by atoms with van der Waals surface area (Å²) in [5.74, 6) is 1.44. The van der Waals surface area contributed by atoms with Gasteiger partial charge in [-0.1, -0.05) is 37.3 Å². The third kappa shape index (κ3) is 5.00. The minimum Gasteiger partial charge on any atom is -0.497 e. The Kier molecular flexibility index (Phi) is 7.07. The Morgan fingerprint density at radius 2 is 1.73 bits per heavy atom. The van der Waals surface area contributed by atoms with Crippen LogP contribution in [0.2, 0.25) is 0 Å². The smallest absolute Gasteiger partial charge is 0.255 e. The van der Waals surface area contributed by atoms with Gasteiger partial charge >= 0.3 is 0 Å². The van der Waals surface area contributed by atoms with Crippen molar-refractivity contribution in [2.45, 2.75) is 19.9 Å². The molecule has 0 unspecified atom stereocenters. The minimum atomic E-state index is -0.0138. The number of fused-ring (bicyclic) bond motifs is 1. The van der Waals surface area contributed by atoms with E-state index in [2.05, 4.69) is 17.0 Å². The van der Waals surface area contributed by atoms with Crippen LogP contribution in [0.4, 0.5) is 11.5 Å². The molecule has 190 valence electrons. The Labute approximate surface area is 216 Å². The third-order valence-electron chi connectivity index (χ3n) is 6.84. The van der Waals surface area contributed by atoms with Gasteiger partial charge in [0.2, 0.25) is 6.41 Å². The number of carbonyl (C=O) groups is 2. The fourth-order valence-electron chi connectivity index (χ4n) is 4.83. The van der Waals surface area contributed by atoms with Crippen molar-refractivity contribution in [1.29, 1.82) is 0 Å². The summed E-state index contributed by atoms with van der Waals surface area (Å²) < 4.78 is 7.11. The number of aromatic nitrogens is 2. The summed E-state index contributed by atoms with van der Waals surface area (Å²) in [7, 11) is 1.63. The number of carbonyl (C=O) groups excluding carboxylic acids is 2. The van der Waals surface area contributed by atoms with Crippen molar-refractivity contribution in [1.82, 2.24) is 14.3 Å². The SMILES string of the molecule is CCc1nc2ccc(C(=O)N3CCN(c4ccccc4)CC3)cn2c1N(C=O)Cc1ccc(OC)cc1. The van der Waals surface area contributed by atoms with E-state index in [9.17, 15) is 9.59 Å². The zero-order valence-electron chi connectivity index (χ0n) is 21.2. The molecule has 2 aromatic heterocycles. The predicted octanol–water partition coefficient (Wildman–Crippen LogP) is 4.03. The third-order valence-corrected chi connectivity index (χ3v) is 6.84. The van der Waals surface area contributed by atoms with Gasteiger partial charge in [-0.15, -0.1) is 0 Å². The number of amides is 2. The zero-order valence-corrected chi connectivity index (χ0v) is 21.2. The van der Waals surface area contributed by atoms with Gasteiger partial charge in [0.15, 0.2) is 0 Å². The minimum absolute atomic E-state index is 0.0138. The van der Waals surface area contributed by atoms with Crippen LogP contribution in [0.3, 0.4) is 0 Å². The van der Waals surface area contributed by atoms with E-state index < -0.39 is 0 Å². The largest absolute Gasteiger partial charge is 0.497 e. The van der Waals surface area contributed by atoms with Crippen molar-refractivity contribution < 1.29 is 14.3 Å². The highest BCUT2D eigenvalue weighted by Gasteiger charge is 2.24. The van der Waals surface area contributed by atoms with Crippen molar-refractivity contribution in [3.63, 3.8) is 0 Å². The quantitative estimate of drug-likeness (QED) is 0.344. The molecule has 5 rings (SSSR count). The summed E-state index contributed by atoms with van der Waals surface area (Å²) in [6, 6.07) is 21.6. The number of aryl methyl sites for hydroxylation is 1. The highest BCUT2D eigenvalue weighted by atomic mass is 16.5. The van der Waals surface area contributed by atoms with E-state index in [0.717, 1.165) is 36.5 Å². The number of benzene rings is 2. The molecule has 4 aromatic rings. The van der Waals surface area contributed by atoms with Crippen LogP contribution >= 0.6 is 0 Å². The second kappa shape index (κ2) is 10.7. The lowest BCUT2D eigenvalue weighted by molar-refractivity contribution is -0.107. The lowest BCUT2D eigenvalue weighted by Crippen LogP contribution is -2.48. The second-order valence-electron chi connectivity index (χ2n) is 9.08. The lowest BCUT2D eigenvalue weighted by atomic mass is 10.2. The topological polar surface area (TPSA) is 70.4 Å². The molecule has 0 atom stereocenters. The fraction of sp³-hybridized carbons (Fsp3) is 0.276. The molecule has 8 heteroatoms. The number of methoxy groups -OCH3 is 1. The van der Waals surface area contributed by atoms with Crippen LogP contribution in [-0.4, -0.2) is 59.9 Å². The van der Waals surface area contributed by atoms with E-state index in [0.29, 0.717) is 43.1 Å². The molecule has 0 bridgehead atoms. The molecule has 0 saturated carbocycles. The zero-order chi connectivity index (χ0) is 25.8. The summed E-state index contributed by atoms with van der Waals surface area (Å²) in [4.78, 5) is 36.3. The van der Waals surface area contributed by atoms with Crippen LogP contribution in [0.15, 0.2) is 72.9 Å². The fourth-order valence-corrected chi connectivity index (χ4v) is 4.83. The highest BCUT2D eigenvalue weighted by molar-refractivity contribution is 5.94. The van der Waals surface area contributed by atoms with E-state index in [1.165, 1.54) is 5.69 Å². The van der Waals surface area contributed by atoms with Crippen LogP contribution < -0.4 is 14.5 Å². The molecule has 1 fully saturated rings. The van der Waals surface area contributed by atoms with Crippen molar-refractivity contribution in [2.75, 3.05) is 43.1 Å². The van der Waals surface area contributed by atoms with Gasteiger partial charge < -0.3 is 14.5 Å². The molecule has 0 spiro atoms. The van der Waals surface area contributed by atoms with Crippen molar-refractivity contribution >= 4 is 29.5 Å². The van der Waals surface area contributed by atoms with Crippen molar-refractivity contribution in [2.24, 2.45) is 0 Å². The number of hydrogen-bond donors (Lipinski definition) is 0. The summed E-state index contributed by atoms with van der Waals surface area (Å²) >= 11 is 0. The number of hydrogen-bond acceptors (Lipinski definition) is 5. The van der Waals surface area contributed by atoms with Gasteiger partial charge in [-0.25, -0.2) is 4.98 Å². The average Bonchev–Trinajstić information content (AvgIpc) is 3.34.